The maximum Gasteiger partial charge on any atom is 0.0548 e. The molecule has 20 heavy (non-hydrogen) atoms. The van der Waals surface area contributed by atoms with Crippen molar-refractivity contribution < 1.29 is 0 Å². The molecule has 0 aliphatic carbocycles. The number of fused-ring (bicyclic) bond motifs is 2. The molecule has 2 atom stereocenters. The molecule has 5 heteroatoms. The van der Waals surface area contributed by atoms with Crippen molar-refractivity contribution >= 4 is 39.9 Å². The van der Waals surface area contributed by atoms with Gasteiger partial charge in [-0.2, -0.15) is 0 Å². The van der Waals surface area contributed by atoms with E-state index in [1.807, 2.05) is 6.07 Å². The van der Waals surface area contributed by atoms with Gasteiger partial charge in [-0.25, -0.2) is 0 Å². The van der Waals surface area contributed by atoms with E-state index in [-0.39, 0.29) is 12.4 Å². The van der Waals surface area contributed by atoms with E-state index in [9.17, 15) is 0 Å². The van der Waals surface area contributed by atoms with Crippen LogP contribution in [0.5, 0.6) is 0 Å². The topological polar surface area (TPSA) is 15.3 Å². The van der Waals surface area contributed by atoms with Crippen LogP contribution < -0.4 is 5.32 Å². The summed E-state index contributed by atoms with van der Waals surface area (Å²) in [5.41, 5.74) is 1.32. The van der Waals surface area contributed by atoms with Crippen molar-refractivity contribution in [2.75, 3.05) is 7.05 Å². The minimum atomic E-state index is 0. The highest BCUT2D eigenvalue weighted by Gasteiger charge is 2.34. The Hall–Kier alpha value is 0.200. The zero-order chi connectivity index (χ0) is 13.4. The van der Waals surface area contributed by atoms with Crippen LogP contribution in [0.2, 0.25) is 5.02 Å². The lowest BCUT2D eigenvalue weighted by Gasteiger charge is -2.35. The Morgan fingerprint density at radius 3 is 2.55 bits per heavy atom. The molecule has 0 saturated carbocycles. The summed E-state index contributed by atoms with van der Waals surface area (Å²) in [5.74, 6) is 0. The van der Waals surface area contributed by atoms with Crippen molar-refractivity contribution in [3.63, 3.8) is 0 Å². The van der Waals surface area contributed by atoms with Gasteiger partial charge in [-0.3, -0.25) is 4.90 Å². The van der Waals surface area contributed by atoms with E-state index in [0.717, 1.165) is 28.1 Å². The van der Waals surface area contributed by atoms with Crippen molar-refractivity contribution in [1.82, 2.24) is 10.2 Å². The summed E-state index contributed by atoms with van der Waals surface area (Å²) in [7, 11) is 2.25. The summed E-state index contributed by atoms with van der Waals surface area (Å²) in [6, 6.07) is 8.45. The molecule has 1 aromatic rings. The van der Waals surface area contributed by atoms with Gasteiger partial charge in [-0.05, 0) is 66.4 Å². The average Bonchev–Trinajstić information content (AvgIpc) is 2.72. The number of benzene rings is 1. The van der Waals surface area contributed by atoms with Gasteiger partial charge in [0.1, 0.15) is 0 Å². The van der Waals surface area contributed by atoms with Crippen LogP contribution in [0.15, 0.2) is 22.7 Å². The quantitative estimate of drug-likeness (QED) is 0.844. The van der Waals surface area contributed by atoms with Crippen molar-refractivity contribution in [2.45, 2.75) is 50.4 Å². The minimum absolute atomic E-state index is 0. The van der Waals surface area contributed by atoms with Gasteiger partial charge in [0.15, 0.2) is 0 Å². The number of piperidine rings is 1. The third-order valence-electron chi connectivity index (χ3n) is 4.49. The van der Waals surface area contributed by atoms with Crippen LogP contribution >= 0.6 is 39.9 Å². The predicted molar refractivity (Wildman–Crippen MR) is 90.8 cm³/mol. The largest absolute Gasteiger partial charge is 0.311 e. The number of rotatable bonds is 3. The summed E-state index contributed by atoms with van der Waals surface area (Å²) < 4.78 is 0.991. The molecule has 2 saturated heterocycles. The van der Waals surface area contributed by atoms with E-state index >= 15 is 0 Å². The normalized spacial score (nSPS) is 28.5. The summed E-state index contributed by atoms with van der Waals surface area (Å²) in [4.78, 5) is 2.50. The molecular formula is C15H21BrCl2N2. The molecule has 2 heterocycles. The lowest BCUT2D eigenvalue weighted by molar-refractivity contribution is 0.166. The van der Waals surface area contributed by atoms with Crippen molar-refractivity contribution in [3.8, 4) is 0 Å². The first kappa shape index (κ1) is 16.6. The molecular weight excluding hydrogens is 359 g/mol. The van der Waals surface area contributed by atoms with Gasteiger partial charge >= 0.3 is 0 Å². The summed E-state index contributed by atoms with van der Waals surface area (Å²) >= 11 is 9.54. The maximum absolute atomic E-state index is 6.04. The molecule has 2 fully saturated rings. The molecule has 2 aliphatic rings. The van der Waals surface area contributed by atoms with Crippen LogP contribution in [-0.2, 0) is 6.54 Å². The molecule has 0 aromatic heterocycles. The fraction of sp³-hybridized carbons (Fsp3) is 0.600. The van der Waals surface area contributed by atoms with Crippen LogP contribution in [0, 0.1) is 0 Å². The van der Waals surface area contributed by atoms with Crippen LogP contribution in [0.4, 0.5) is 0 Å². The van der Waals surface area contributed by atoms with Crippen LogP contribution in [0.1, 0.15) is 31.2 Å². The van der Waals surface area contributed by atoms with Gasteiger partial charge in [-0.15, -0.1) is 12.4 Å². The Kier molecular flexibility index (Phi) is 5.78. The molecule has 3 rings (SSSR count). The maximum atomic E-state index is 6.04. The molecule has 2 bridgehead atoms. The second-order valence-electron chi connectivity index (χ2n) is 5.93. The number of nitrogens with one attached hydrogen (secondary N) is 1. The number of halogens is 3. The highest BCUT2D eigenvalue weighted by molar-refractivity contribution is 9.10. The third kappa shape index (κ3) is 3.69. The molecule has 2 aliphatic heterocycles. The van der Waals surface area contributed by atoms with Crippen LogP contribution in [0.3, 0.4) is 0 Å². The predicted octanol–water partition coefficient (Wildman–Crippen LogP) is 4.24. The second-order valence-corrected chi connectivity index (χ2v) is 7.19. The number of nitrogens with zero attached hydrogens (tertiary/aromatic N) is 1. The van der Waals surface area contributed by atoms with Crippen LogP contribution in [-0.4, -0.2) is 30.1 Å². The first-order chi connectivity index (χ1) is 9.11. The van der Waals surface area contributed by atoms with Crippen molar-refractivity contribution in [1.29, 1.82) is 0 Å². The SMILES string of the molecule is CN(Cc1ccc(Cl)c(Br)c1)C1CC2CCC(C1)N2.Cl. The van der Waals surface area contributed by atoms with E-state index in [0.29, 0.717) is 6.04 Å². The number of hydrogen-bond acceptors (Lipinski definition) is 2. The number of hydrogen-bond donors (Lipinski definition) is 1. The zero-order valence-corrected chi connectivity index (χ0v) is 14.8. The Bertz CT molecular complexity index is 457. The molecule has 2 unspecified atom stereocenters. The molecule has 1 N–H and O–H groups in total. The van der Waals surface area contributed by atoms with Crippen molar-refractivity contribution in [3.05, 3.63) is 33.3 Å². The molecule has 1 aromatic carbocycles. The molecule has 112 valence electrons. The average molecular weight is 380 g/mol. The minimum Gasteiger partial charge on any atom is -0.311 e. The van der Waals surface area contributed by atoms with Gasteiger partial charge in [0.2, 0.25) is 0 Å². The second kappa shape index (κ2) is 6.97. The Balaban J connectivity index is 0.00000147. The van der Waals surface area contributed by atoms with E-state index in [1.54, 1.807) is 0 Å². The standard InChI is InChI=1S/C15H20BrClN2.ClH/c1-19(9-10-2-5-15(17)14(16)6-10)13-7-11-3-4-12(8-13)18-11;/h2,5-6,11-13,18H,3-4,7-9H2,1H3;1H. The lowest BCUT2D eigenvalue weighted by atomic mass is 9.98. The van der Waals surface area contributed by atoms with Crippen molar-refractivity contribution in [2.24, 2.45) is 0 Å². The van der Waals surface area contributed by atoms with E-state index in [2.05, 4.69) is 45.3 Å². The Morgan fingerprint density at radius 2 is 1.95 bits per heavy atom. The summed E-state index contributed by atoms with van der Waals surface area (Å²) in [5, 5.41) is 4.49. The molecule has 0 radical (unpaired) electrons. The van der Waals surface area contributed by atoms with E-state index in [4.69, 9.17) is 11.6 Å². The highest BCUT2D eigenvalue weighted by Crippen LogP contribution is 2.30. The van der Waals surface area contributed by atoms with Gasteiger partial charge in [-0.1, -0.05) is 17.7 Å². The molecule has 0 spiro atoms. The zero-order valence-electron chi connectivity index (χ0n) is 11.6. The fourth-order valence-corrected chi connectivity index (χ4v) is 3.99. The van der Waals surface area contributed by atoms with Gasteiger partial charge in [0.05, 0.1) is 5.02 Å². The van der Waals surface area contributed by atoms with Gasteiger partial charge in [0, 0.05) is 29.1 Å². The third-order valence-corrected chi connectivity index (χ3v) is 5.70. The first-order valence-corrected chi connectivity index (χ1v) is 8.19. The first-order valence-electron chi connectivity index (χ1n) is 7.02. The lowest BCUT2D eigenvalue weighted by Crippen LogP contribution is -2.46. The molecule has 0 amide bonds. The van der Waals surface area contributed by atoms with E-state index < -0.39 is 0 Å². The molecule has 2 nitrogen and oxygen atoms in total. The van der Waals surface area contributed by atoms with Gasteiger partial charge in [0.25, 0.3) is 0 Å². The summed E-state index contributed by atoms with van der Waals surface area (Å²) in [6.45, 7) is 1.000. The highest BCUT2D eigenvalue weighted by atomic mass is 79.9. The smallest absolute Gasteiger partial charge is 0.0548 e. The monoisotopic (exact) mass is 378 g/mol. The summed E-state index contributed by atoms with van der Waals surface area (Å²) in [6.07, 6.45) is 5.31. The van der Waals surface area contributed by atoms with Gasteiger partial charge < -0.3 is 5.32 Å². The fourth-order valence-electron chi connectivity index (χ4n) is 3.44. The van der Waals surface area contributed by atoms with E-state index in [1.165, 1.54) is 31.2 Å². The van der Waals surface area contributed by atoms with Crippen LogP contribution in [0.25, 0.3) is 0 Å². The Labute approximate surface area is 140 Å². The Morgan fingerprint density at radius 1 is 1.30 bits per heavy atom.